The number of nitrogens with one attached hydrogen (secondary N) is 1. The summed E-state index contributed by atoms with van der Waals surface area (Å²) < 4.78 is 11.5. The van der Waals surface area contributed by atoms with E-state index in [0.717, 1.165) is 26.3 Å². The molecule has 0 aromatic heterocycles. The highest BCUT2D eigenvalue weighted by atomic mass is 16.6. The molecule has 94 valence electrons. The van der Waals surface area contributed by atoms with Gasteiger partial charge in [0.2, 0.25) is 0 Å². The van der Waals surface area contributed by atoms with Crippen molar-refractivity contribution in [3.05, 3.63) is 0 Å². The molecule has 0 atom stereocenters. The summed E-state index contributed by atoms with van der Waals surface area (Å²) >= 11 is 0. The van der Waals surface area contributed by atoms with Crippen molar-refractivity contribution in [3.63, 3.8) is 0 Å². The summed E-state index contributed by atoms with van der Waals surface area (Å²) in [6.07, 6.45) is 8.02. The summed E-state index contributed by atoms with van der Waals surface area (Å²) in [6.45, 7) is 5.94. The fraction of sp³-hybridized carbons (Fsp3) is 1.00. The smallest absolute Gasteiger partial charge is 0.105 e. The molecule has 0 aromatic carbocycles. The Morgan fingerprint density at radius 2 is 2.00 bits per heavy atom. The minimum Gasteiger partial charge on any atom is -0.376 e. The van der Waals surface area contributed by atoms with Gasteiger partial charge in [0, 0.05) is 6.54 Å². The lowest BCUT2D eigenvalue weighted by Crippen LogP contribution is -2.51. The number of rotatable bonds is 6. The van der Waals surface area contributed by atoms with E-state index in [4.69, 9.17) is 9.47 Å². The minimum absolute atomic E-state index is 0.113. The van der Waals surface area contributed by atoms with Crippen LogP contribution in [-0.2, 0) is 9.47 Å². The SMILES string of the molecule is CCCNCC1(OC2COC2)CCCCC1. The third-order valence-electron chi connectivity index (χ3n) is 3.66. The molecule has 2 rings (SSSR count). The average molecular weight is 227 g/mol. The van der Waals surface area contributed by atoms with E-state index in [1.165, 1.54) is 38.5 Å². The molecule has 0 bridgehead atoms. The van der Waals surface area contributed by atoms with Gasteiger partial charge in [-0.05, 0) is 25.8 Å². The van der Waals surface area contributed by atoms with Gasteiger partial charge < -0.3 is 14.8 Å². The van der Waals surface area contributed by atoms with Crippen LogP contribution in [0.3, 0.4) is 0 Å². The number of hydrogen-bond donors (Lipinski definition) is 1. The Morgan fingerprint density at radius 1 is 1.25 bits per heavy atom. The normalized spacial score (nSPS) is 25.3. The predicted octanol–water partition coefficient (Wildman–Crippen LogP) is 2.10. The molecule has 16 heavy (non-hydrogen) atoms. The van der Waals surface area contributed by atoms with Crippen molar-refractivity contribution in [1.82, 2.24) is 5.32 Å². The zero-order chi connectivity index (χ0) is 11.3. The van der Waals surface area contributed by atoms with Crippen LogP contribution in [0, 0.1) is 0 Å². The molecule has 0 spiro atoms. The monoisotopic (exact) mass is 227 g/mol. The molecule has 1 aliphatic heterocycles. The summed E-state index contributed by atoms with van der Waals surface area (Å²) in [7, 11) is 0. The first-order valence-corrected chi connectivity index (χ1v) is 6.81. The second kappa shape index (κ2) is 5.99. The van der Waals surface area contributed by atoms with Crippen molar-refractivity contribution in [1.29, 1.82) is 0 Å². The zero-order valence-corrected chi connectivity index (χ0v) is 10.5. The number of hydrogen-bond acceptors (Lipinski definition) is 3. The Bertz CT molecular complexity index is 198. The Labute approximate surface area is 98.9 Å². The molecular formula is C13H25NO2. The molecule has 1 saturated carbocycles. The summed E-state index contributed by atoms with van der Waals surface area (Å²) in [6, 6.07) is 0. The Hall–Kier alpha value is -0.120. The van der Waals surface area contributed by atoms with E-state index in [0.29, 0.717) is 6.10 Å². The van der Waals surface area contributed by atoms with Crippen molar-refractivity contribution in [2.75, 3.05) is 26.3 Å². The van der Waals surface area contributed by atoms with E-state index in [1.54, 1.807) is 0 Å². The molecule has 0 unspecified atom stereocenters. The van der Waals surface area contributed by atoms with E-state index in [-0.39, 0.29) is 5.60 Å². The summed E-state index contributed by atoms with van der Waals surface area (Å²) in [5.41, 5.74) is 0.113. The molecule has 0 amide bonds. The molecule has 3 nitrogen and oxygen atoms in total. The highest BCUT2D eigenvalue weighted by Gasteiger charge is 2.37. The third-order valence-corrected chi connectivity index (χ3v) is 3.66. The van der Waals surface area contributed by atoms with Gasteiger partial charge in [-0.25, -0.2) is 0 Å². The Morgan fingerprint density at radius 3 is 2.56 bits per heavy atom. The standard InChI is InChI=1S/C13H25NO2/c1-2-8-14-11-13(6-4-3-5-7-13)16-12-9-15-10-12/h12,14H,2-11H2,1H3. The minimum atomic E-state index is 0.113. The van der Waals surface area contributed by atoms with Crippen LogP contribution in [0.4, 0.5) is 0 Å². The second-order valence-corrected chi connectivity index (χ2v) is 5.20. The van der Waals surface area contributed by atoms with Gasteiger partial charge in [-0.3, -0.25) is 0 Å². The zero-order valence-electron chi connectivity index (χ0n) is 10.5. The fourth-order valence-corrected chi connectivity index (χ4v) is 2.66. The fourth-order valence-electron chi connectivity index (χ4n) is 2.66. The third kappa shape index (κ3) is 3.19. The Balaban J connectivity index is 1.82. The maximum Gasteiger partial charge on any atom is 0.105 e. The first kappa shape index (κ1) is 12.3. The molecule has 1 aliphatic carbocycles. The van der Waals surface area contributed by atoms with Crippen LogP contribution in [0.2, 0.25) is 0 Å². The first-order chi connectivity index (χ1) is 7.85. The topological polar surface area (TPSA) is 30.5 Å². The first-order valence-electron chi connectivity index (χ1n) is 6.81. The van der Waals surface area contributed by atoms with Crippen molar-refractivity contribution in [2.24, 2.45) is 0 Å². The summed E-state index contributed by atoms with van der Waals surface area (Å²) in [5.74, 6) is 0. The lowest BCUT2D eigenvalue weighted by Gasteiger charge is -2.42. The maximum absolute atomic E-state index is 6.27. The summed E-state index contributed by atoms with van der Waals surface area (Å²) in [4.78, 5) is 0. The van der Waals surface area contributed by atoms with E-state index >= 15 is 0 Å². The highest BCUT2D eigenvalue weighted by molar-refractivity contribution is 4.88. The van der Waals surface area contributed by atoms with Crippen LogP contribution in [0.25, 0.3) is 0 Å². The van der Waals surface area contributed by atoms with E-state index in [2.05, 4.69) is 12.2 Å². The van der Waals surface area contributed by atoms with Crippen LogP contribution in [0.15, 0.2) is 0 Å². The maximum atomic E-state index is 6.27. The van der Waals surface area contributed by atoms with Gasteiger partial charge >= 0.3 is 0 Å². The second-order valence-electron chi connectivity index (χ2n) is 5.20. The van der Waals surface area contributed by atoms with Crippen molar-refractivity contribution >= 4 is 0 Å². The average Bonchev–Trinajstić information content (AvgIpc) is 2.26. The van der Waals surface area contributed by atoms with Crippen LogP contribution in [-0.4, -0.2) is 38.0 Å². The van der Waals surface area contributed by atoms with Crippen LogP contribution >= 0.6 is 0 Å². The van der Waals surface area contributed by atoms with Gasteiger partial charge in [-0.2, -0.15) is 0 Å². The summed E-state index contributed by atoms with van der Waals surface area (Å²) in [5, 5.41) is 3.53. The van der Waals surface area contributed by atoms with Crippen molar-refractivity contribution in [3.8, 4) is 0 Å². The van der Waals surface area contributed by atoms with Gasteiger partial charge in [0.25, 0.3) is 0 Å². The van der Waals surface area contributed by atoms with Gasteiger partial charge in [0.15, 0.2) is 0 Å². The van der Waals surface area contributed by atoms with Gasteiger partial charge in [0.05, 0.1) is 18.8 Å². The largest absolute Gasteiger partial charge is 0.376 e. The molecule has 2 aliphatic rings. The molecule has 3 heteroatoms. The van der Waals surface area contributed by atoms with Gasteiger partial charge in [-0.1, -0.05) is 26.2 Å². The molecule has 1 N–H and O–H groups in total. The quantitative estimate of drug-likeness (QED) is 0.705. The van der Waals surface area contributed by atoms with Crippen LogP contribution in [0.1, 0.15) is 45.4 Å². The Kier molecular flexibility index (Phi) is 4.62. The van der Waals surface area contributed by atoms with Crippen molar-refractivity contribution < 1.29 is 9.47 Å². The molecule has 1 heterocycles. The molecule has 1 saturated heterocycles. The predicted molar refractivity (Wildman–Crippen MR) is 64.7 cm³/mol. The number of ether oxygens (including phenoxy) is 2. The van der Waals surface area contributed by atoms with Crippen LogP contribution < -0.4 is 5.32 Å². The van der Waals surface area contributed by atoms with Gasteiger partial charge in [0.1, 0.15) is 6.10 Å². The van der Waals surface area contributed by atoms with E-state index < -0.39 is 0 Å². The van der Waals surface area contributed by atoms with Crippen LogP contribution in [0.5, 0.6) is 0 Å². The lowest BCUT2D eigenvalue weighted by molar-refractivity contribution is -0.200. The lowest BCUT2D eigenvalue weighted by atomic mass is 9.84. The highest BCUT2D eigenvalue weighted by Crippen LogP contribution is 2.33. The molecule has 2 fully saturated rings. The van der Waals surface area contributed by atoms with E-state index in [1.807, 2.05) is 0 Å². The van der Waals surface area contributed by atoms with E-state index in [9.17, 15) is 0 Å². The molecular weight excluding hydrogens is 202 g/mol. The molecule has 0 radical (unpaired) electrons. The molecule has 0 aromatic rings. The van der Waals surface area contributed by atoms with Gasteiger partial charge in [-0.15, -0.1) is 0 Å². The van der Waals surface area contributed by atoms with Crippen molar-refractivity contribution in [2.45, 2.75) is 57.2 Å².